The van der Waals surface area contributed by atoms with E-state index in [4.69, 9.17) is 23.2 Å². The first-order valence-corrected chi connectivity index (χ1v) is 6.40. The SMILES string of the molecule is Cn1c(CNC2CSC2)cc(Cl)c1Cl. The number of rotatable bonds is 3. The lowest BCUT2D eigenvalue weighted by Crippen LogP contribution is -2.40. The molecule has 1 fully saturated rings. The highest BCUT2D eigenvalue weighted by Crippen LogP contribution is 2.25. The van der Waals surface area contributed by atoms with Gasteiger partial charge in [-0.05, 0) is 6.07 Å². The van der Waals surface area contributed by atoms with Gasteiger partial charge in [0.15, 0.2) is 0 Å². The van der Waals surface area contributed by atoms with Crippen molar-refractivity contribution in [3.63, 3.8) is 0 Å². The van der Waals surface area contributed by atoms with Crippen LogP contribution in [0.4, 0.5) is 0 Å². The van der Waals surface area contributed by atoms with Crippen LogP contribution in [0.2, 0.25) is 10.2 Å². The maximum atomic E-state index is 5.96. The summed E-state index contributed by atoms with van der Waals surface area (Å²) in [6.07, 6.45) is 0. The van der Waals surface area contributed by atoms with E-state index in [0.29, 0.717) is 16.2 Å². The van der Waals surface area contributed by atoms with Gasteiger partial charge < -0.3 is 9.88 Å². The molecule has 78 valence electrons. The predicted molar refractivity (Wildman–Crippen MR) is 63.4 cm³/mol. The van der Waals surface area contributed by atoms with E-state index < -0.39 is 0 Å². The van der Waals surface area contributed by atoms with E-state index in [2.05, 4.69) is 5.32 Å². The molecule has 2 rings (SSSR count). The van der Waals surface area contributed by atoms with Gasteiger partial charge in [0, 0.05) is 36.8 Å². The molecule has 1 aromatic heterocycles. The number of halogens is 2. The minimum absolute atomic E-state index is 0.617. The fraction of sp³-hybridized carbons (Fsp3) is 0.556. The van der Waals surface area contributed by atoms with Crippen LogP contribution >= 0.6 is 35.0 Å². The molecule has 1 aliphatic rings. The van der Waals surface area contributed by atoms with Crippen LogP contribution in [0.3, 0.4) is 0 Å². The van der Waals surface area contributed by atoms with Gasteiger partial charge in [-0.2, -0.15) is 11.8 Å². The van der Waals surface area contributed by atoms with Gasteiger partial charge in [0.1, 0.15) is 5.15 Å². The van der Waals surface area contributed by atoms with Crippen LogP contribution in [-0.4, -0.2) is 22.1 Å². The highest BCUT2D eigenvalue weighted by Gasteiger charge is 2.18. The van der Waals surface area contributed by atoms with Crippen molar-refractivity contribution in [3.05, 3.63) is 21.9 Å². The molecule has 0 saturated carbocycles. The van der Waals surface area contributed by atoms with Gasteiger partial charge in [-0.3, -0.25) is 0 Å². The standard InChI is InChI=1S/C9H12Cl2N2S/c1-13-7(2-8(10)9(13)11)3-12-6-4-14-5-6/h2,6,12H,3-5H2,1H3. The molecule has 5 heteroatoms. The first-order valence-electron chi connectivity index (χ1n) is 4.49. The van der Waals surface area contributed by atoms with Gasteiger partial charge in [0.25, 0.3) is 0 Å². The summed E-state index contributed by atoms with van der Waals surface area (Å²) in [4.78, 5) is 0. The minimum Gasteiger partial charge on any atom is -0.336 e. The molecule has 0 unspecified atom stereocenters. The molecular formula is C9H12Cl2N2S. The van der Waals surface area contributed by atoms with Crippen LogP contribution in [0.15, 0.2) is 6.07 Å². The normalized spacial score (nSPS) is 17.1. The van der Waals surface area contributed by atoms with E-state index in [1.54, 1.807) is 0 Å². The lowest BCUT2D eigenvalue weighted by atomic mass is 10.3. The number of aromatic nitrogens is 1. The highest BCUT2D eigenvalue weighted by atomic mass is 35.5. The summed E-state index contributed by atoms with van der Waals surface area (Å²) in [6, 6.07) is 2.58. The van der Waals surface area contributed by atoms with Crippen molar-refractivity contribution < 1.29 is 0 Å². The van der Waals surface area contributed by atoms with Gasteiger partial charge in [-0.15, -0.1) is 0 Å². The third kappa shape index (κ3) is 2.06. The van der Waals surface area contributed by atoms with Crippen molar-refractivity contribution in [2.75, 3.05) is 11.5 Å². The Bertz CT molecular complexity index is 334. The summed E-state index contributed by atoms with van der Waals surface area (Å²) in [5.41, 5.74) is 1.14. The van der Waals surface area contributed by atoms with Crippen molar-refractivity contribution in [2.45, 2.75) is 12.6 Å². The van der Waals surface area contributed by atoms with E-state index in [9.17, 15) is 0 Å². The molecule has 0 aromatic carbocycles. The Labute approximate surface area is 97.9 Å². The van der Waals surface area contributed by atoms with E-state index in [0.717, 1.165) is 12.2 Å². The van der Waals surface area contributed by atoms with Crippen molar-refractivity contribution in [1.29, 1.82) is 0 Å². The number of nitrogens with zero attached hydrogens (tertiary/aromatic N) is 1. The van der Waals surface area contributed by atoms with Gasteiger partial charge in [-0.1, -0.05) is 23.2 Å². The van der Waals surface area contributed by atoms with Crippen LogP contribution in [0.1, 0.15) is 5.69 Å². The zero-order chi connectivity index (χ0) is 10.1. The summed E-state index contributed by atoms with van der Waals surface area (Å²) in [5, 5.41) is 4.71. The molecule has 0 atom stereocenters. The average molecular weight is 251 g/mol. The molecule has 0 radical (unpaired) electrons. The second kappa shape index (κ2) is 4.35. The third-order valence-corrected chi connectivity index (χ3v) is 4.54. The van der Waals surface area contributed by atoms with Crippen molar-refractivity contribution in [2.24, 2.45) is 7.05 Å². The Morgan fingerprint density at radius 1 is 1.57 bits per heavy atom. The Balaban J connectivity index is 1.97. The van der Waals surface area contributed by atoms with Crippen LogP contribution in [-0.2, 0) is 13.6 Å². The van der Waals surface area contributed by atoms with Crippen LogP contribution in [0, 0.1) is 0 Å². The molecule has 0 spiro atoms. The molecule has 1 aliphatic heterocycles. The Kier molecular flexibility index (Phi) is 3.32. The summed E-state index contributed by atoms with van der Waals surface area (Å²) < 4.78 is 1.92. The van der Waals surface area contributed by atoms with E-state index >= 15 is 0 Å². The maximum Gasteiger partial charge on any atom is 0.127 e. The van der Waals surface area contributed by atoms with E-state index in [-0.39, 0.29) is 0 Å². The van der Waals surface area contributed by atoms with Gasteiger partial charge in [-0.25, -0.2) is 0 Å². The van der Waals surface area contributed by atoms with Gasteiger partial charge >= 0.3 is 0 Å². The summed E-state index contributed by atoms with van der Waals surface area (Å²) in [7, 11) is 1.93. The fourth-order valence-electron chi connectivity index (χ4n) is 1.36. The summed E-state index contributed by atoms with van der Waals surface area (Å²) >= 11 is 13.8. The Morgan fingerprint density at radius 2 is 2.29 bits per heavy atom. The molecule has 1 N–H and O–H groups in total. The molecule has 2 nitrogen and oxygen atoms in total. The molecule has 0 aliphatic carbocycles. The number of thioether (sulfide) groups is 1. The van der Waals surface area contributed by atoms with Gasteiger partial charge in [0.2, 0.25) is 0 Å². The zero-order valence-corrected chi connectivity index (χ0v) is 10.2. The largest absolute Gasteiger partial charge is 0.336 e. The highest BCUT2D eigenvalue weighted by molar-refractivity contribution is 8.00. The fourth-order valence-corrected chi connectivity index (χ4v) is 2.48. The third-order valence-electron chi connectivity index (χ3n) is 2.43. The van der Waals surface area contributed by atoms with Crippen molar-refractivity contribution in [1.82, 2.24) is 9.88 Å². The lowest BCUT2D eigenvalue weighted by Gasteiger charge is -2.26. The van der Waals surface area contributed by atoms with Crippen molar-refractivity contribution in [3.8, 4) is 0 Å². The maximum absolute atomic E-state index is 5.96. The van der Waals surface area contributed by atoms with Crippen LogP contribution < -0.4 is 5.32 Å². The molecule has 0 bridgehead atoms. The molecule has 14 heavy (non-hydrogen) atoms. The molecule has 2 heterocycles. The number of hydrogen-bond donors (Lipinski definition) is 1. The Morgan fingerprint density at radius 3 is 2.71 bits per heavy atom. The predicted octanol–water partition coefficient (Wildman–Crippen LogP) is 2.54. The Hall–Kier alpha value is 0.170. The summed E-state index contributed by atoms with van der Waals surface area (Å²) in [5.74, 6) is 2.43. The smallest absolute Gasteiger partial charge is 0.127 e. The van der Waals surface area contributed by atoms with Crippen molar-refractivity contribution >= 4 is 35.0 Å². The van der Waals surface area contributed by atoms with Crippen LogP contribution in [0.5, 0.6) is 0 Å². The first kappa shape index (κ1) is 10.7. The van der Waals surface area contributed by atoms with E-state index in [1.165, 1.54) is 11.5 Å². The first-order chi connectivity index (χ1) is 6.68. The minimum atomic E-state index is 0.617. The second-order valence-corrected chi connectivity index (χ2v) is 5.29. The number of nitrogens with one attached hydrogen (secondary N) is 1. The van der Waals surface area contributed by atoms with Gasteiger partial charge in [0.05, 0.1) is 5.02 Å². The molecule has 1 saturated heterocycles. The lowest BCUT2D eigenvalue weighted by molar-refractivity contribution is 0.566. The monoisotopic (exact) mass is 250 g/mol. The second-order valence-electron chi connectivity index (χ2n) is 3.45. The quantitative estimate of drug-likeness (QED) is 0.889. The molecule has 1 aromatic rings. The summed E-state index contributed by atoms with van der Waals surface area (Å²) in [6.45, 7) is 0.841. The molecular weight excluding hydrogens is 239 g/mol. The van der Waals surface area contributed by atoms with E-state index in [1.807, 2.05) is 29.4 Å². The number of hydrogen-bond acceptors (Lipinski definition) is 2. The molecule has 0 amide bonds. The van der Waals surface area contributed by atoms with Crippen LogP contribution in [0.25, 0.3) is 0 Å². The zero-order valence-electron chi connectivity index (χ0n) is 7.89. The average Bonchev–Trinajstić information content (AvgIpc) is 2.31. The topological polar surface area (TPSA) is 17.0 Å².